The van der Waals surface area contributed by atoms with Gasteiger partial charge in [0.25, 0.3) is 11.5 Å². The highest BCUT2D eigenvalue weighted by Crippen LogP contribution is 2.61. The minimum absolute atomic E-state index is 0.160. The van der Waals surface area contributed by atoms with E-state index in [9.17, 15) is 14.4 Å². The number of thioether (sulfide) groups is 1. The van der Waals surface area contributed by atoms with Crippen molar-refractivity contribution in [2.45, 2.75) is 96.0 Å². The fourth-order valence-electron chi connectivity index (χ4n) is 10.5. The molecule has 8 rings (SSSR count). The molecule has 4 bridgehead atoms. The van der Waals surface area contributed by atoms with Crippen LogP contribution in [0.25, 0.3) is 11.0 Å². The van der Waals surface area contributed by atoms with Crippen LogP contribution in [-0.2, 0) is 11.3 Å². The molecule has 0 spiro atoms. The van der Waals surface area contributed by atoms with Crippen molar-refractivity contribution < 1.29 is 9.59 Å². The minimum atomic E-state index is -0.191. The van der Waals surface area contributed by atoms with Crippen molar-refractivity contribution >= 4 is 34.6 Å². The maximum Gasteiger partial charge on any atom is 0.254 e. The highest BCUT2D eigenvalue weighted by Gasteiger charge is 2.51. The van der Waals surface area contributed by atoms with Crippen molar-refractivity contribution in [2.75, 3.05) is 32.4 Å². The smallest absolute Gasteiger partial charge is 0.254 e. The standard InChI is InChI=1S/C38H52N6O3S/c1-23-14-32(48-4)31(36(46)42-23)22-41-37(47)34-25(3)44(35-30(34)6-5-9-40-35)24(2)29-7-11-43(12-8-29)13-10-39-33(45)21-38-18-26-15-27(19-38)17-28(16-26)20-38/h5-6,9,14,24,26-29H,7-8,10-13,15-22H2,1-4H3,(H,39,45)(H,41,47)(H,42,46). The van der Waals surface area contributed by atoms with E-state index < -0.39 is 0 Å². The predicted octanol–water partition coefficient (Wildman–Crippen LogP) is 5.99. The fourth-order valence-corrected chi connectivity index (χ4v) is 11.2. The number of hydrogen-bond acceptors (Lipinski definition) is 6. The van der Waals surface area contributed by atoms with Crippen molar-refractivity contribution in [1.29, 1.82) is 0 Å². The highest BCUT2D eigenvalue weighted by atomic mass is 32.2. The number of H-pyrrole nitrogens is 1. The number of fused-ring (bicyclic) bond motifs is 1. The summed E-state index contributed by atoms with van der Waals surface area (Å²) in [7, 11) is 0. The molecule has 4 heterocycles. The Labute approximate surface area is 288 Å². The van der Waals surface area contributed by atoms with Gasteiger partial charge in [0.05, 0.1) is 5.56 Å². The van der Waals surface area contributed by atoms with Crippen LogP contribution in [-0.4, -0.2) is 63.7 Å². The summed E-state index contributed by atoms with van der Waals surface area (Å²) in [4.78, 5) is 50.4. The minimum Gasteiger partial charge on any atom is -0.355 e. The van der Waals surface area contributed by atoms with E-state index in [0.29, 0.717) is 22.5 Å². The number of pyridine rings is 2. The van der Waals surface area contributed by atoms with Crippen LogP contribution in [0.5, 0.6) is 0 Å². The van der Waals surface area contributed by atoms with E-state index in [1.807, 2.05) is 38.3 Å². The molecule has 5 fully saturated rings. The van der Waals surface area contributed by atoms with Crippen LogP contribution in [0.3, 0.4) is 0 Å². The van der Waals surface area contributed by atoms with Crippen LogP contribution in [0.1, 0.15) is 98.1 Å². The van der Waals surface area contributed by atoms with Crippen LogP contribution in [0, 0.1) is 42.9 Å². The van der Waals surface area contributed by atoms with Gasteiger partial charge < -0.3 is 25.1 Å². The van der Waals surface area contributed by atoms with E-state index in [4.69, 9.17) is 4.98 Å². The van der Waals surface area contributed by atoms with Gasteiger partial charge in [-0.05, 0) is 139 Å². The number of amides is 2. The molecule has 10 heteroatoms. The van der Waals surface area contributed by atoms with E-state index in [-0.39, 0.29) is 30.0 Å². The van der Waals surface area contributed by atoms with Crippen LogP contribution in [0.15, 0.2) is 34.1 Å². The molecule has 9 nitrogen and oxygen atoms in total. The van der Waals surface area contributed by atoms with Gasteiger partial charge in [0.2, 0.25) is 5.91 Å². The molecule has 1 aliphatic heterocycles. The number of aryl methyl sites for hydroxylation is 1. The first-order valence-electron chi connectivity index (χ1n) is 18.1. The first-order valence-corrected chi connectivity index (χ1v) is 19.3. The second-order valence-corrected chi connectivity index (χ2v) is 16.4. The Morgan fingerprint density at radius 2 is 1.77 bits per heavy atom. The fraction of sp³-hybridized carbons (Fsp3) is 0.632. The SMILES string of the molecule is CSc1cc(C)[nH]c(=O)c1CNC(=O)c1c(C)n(C(C)C2CCN(CCNC(=O)CC34CC5CC(CC(C5)C3)C4)CC2)c2ncccc12. The van der Waals surface area contributed by atoms with Crippen molar-refractivity contribution in [3.8, 4) is 0 Å². The van der Waals surface area contributed by atoms with E-state index >= 15 is 0 Å². The Bertz CT molecular complexity index is 1700. The molecule has 3 N–H and O–H groups in total. The lowest BCUT2D eigenvalue weighted by Gasteiger charge is -2.56. The van der Waals surface area contributed by atoms with Gasteiger partial charge in [-0.2, -0.15) is 0 Å². The molecule has 2 amide bonds. The third kappa shape index (κ3) is 6.59. The summed E-state index contributed by atoms with van der Waals surface area (Å²) in [6.45, 7) is 9.92. The Hall–Kier alpha value is -3.11. The topological polar surface area (TPSA) is 112 Å². The van der Waals surface area contributed by atoms with Gasteiger partial charge in [0, 0.05) is 65.5 Å². The lowest BCUT2D eigenvalue weighted by Crippen LogP contribution is -2.48. The van der Waals surface area contributed by atoms with E-state index in [1.54, 1.807) is 6.20 Å². The first kappa shape index (κ1) is 33.4. The number of nitrogens with zero attached hydrogens (tertiary/aromatic N) is 3. The second kappa shape index (κ2) is 13.7. The number of nitrogens with one attached hydrogen (secondary N) is 3. The van der Waals surface area contributed by atoms with E-state index in [1.165, 1.54) is 50.3 Å². The third-order valence-corrected chi connectivity index (χ3v) is 13.1. The van der Waals surface area contributed by atoms with Gasteiger partial charge in [-0.1, -0.05) is 0 Å². The average Bonchev–Trinajstić information content (AvgIpc) is 3.34. The summed E-state index contributed by atoms with van der Waals surface area (Å²) in [5, 5.41) is 7.16. The van der Waals surface area contributed by atoms with Crippen LogP contribution in [0.4, 0.5) is 0 Å². The van der Waals surface area contributed by atoms with Gasteiger partial charge in [0.15, 0.2) is 0 Å². The number of hydrogen-bond donors (Lipinski definition) is 3. The largest absolute Gasteiger partial charge is 0.355 e. The average molecular weight is 673 g/mol. The summed E-state index contributed by atoms with van der Waals surface area (Å²) >= 11 is 1.51. The van der Waals surface area contributed by atoms with Gasteiger partial charge in [-0.25, -0.2) is 4.98 Å². The molecule has 0 radical (unpaired) electrons. The number of carbonyl (C=O) groups excluding carboxylic acids is 2. The highest BCUT2D eigenvalue weighted by molar-refractivity contribution is 7.98. The van der Waals surface area contributed by atoms with E-state index in [2.05, 4.69) is 32.0 Å². The maximum atomic E-state index is 13.7. The van der Waals surface area contributed by atoms with Crippen molar-refractivity contribution in [2.24, 2.45) is 29.1 Å². The molecular weight excluding hydrogens is 621 g/mol. The molecule has 1 atom stereocenters. The number of rotatable bonds is 11. The molecule has 4 saturated carbocycles. The molecule has 258 valence electrons. The quantitative estimate of drug-likeness (QED) is 0.216. The monoisotopic (exact) mass is 672 g/mol. The summed E-state index contributed by atoms with van der Waals surface area (Å²) in [6, 6.07) is 5.97. The number of piperidine rings is 1. The van der Waals surface area contributed by atoms with Crippen molar-refractivity contribution in [3.63, 3.8) is 0 Å². The van der Waals surface area contributed by atoms with Crippen LogP contribution in [0.2, 0.25) is 0 Å². The van der Waals surface area contributed by atoms with Crippen molar-refractivity contribution in [3.05, 3.63) is 57.3 Å². The van der Waals surface area contributed by atoms with E-state index in [0.717, 1.165) is 90.5 Å². The number of aromatic nitrogens is 3. The lowest BCUT2D eigenvalue weighted by molar-refractivity contribution is -0.129. The lowest BCUT2D eigenvalue weighted by atomic mass is 9.49. The van der Waals surface area contributed by atoms with Gasteiger partial charge in [-0.3, -0.25) is 14.4 Å². The summed E-state index contributed by atoms with van der Waals surface area (Å²) < 4.78 is 2.25. The summed E-state index contributed by atoms with van der Waals surface area (Å²) in [6.07, 6.45) is 14.7. The number of aromatic amines is 1. The Morgan fingerprint density at radius 1 is 1.08 bits per heavy atom. The molecule has 3 aromatic rings. The normalized spacial score (nSPS) is 26.2. The van der Waals surface area contributed by atoms with Crippen LogP contribution >= 0.6 is 11.8 Å². The third-order valence-electron chi connectivity index (χ3n) is 12.3. The van der Waals surface area contributed by atoms with Gasteiger partial charge in [0.1, 0.15) is 5.65 Å². The molecule has 3 aromatic heterocycles. The summed E-state index contributed by atoms with van der Waals surface area (Å²) in [5.41, 5.74) is 3.86. The van der Waals surface area contributed by atoms with Crippen molar-refractivity contribution in [1.82, 2.24) is 30.1 Å². The zero-order chi connectivity index (χ0) is 33.6. The van der Waals surface area contributed by atoms with Crippen LogP contribution < -0.4 is 16.2 Å². The summed E-state index contributed by atoms with van der Waals surface area (Å²) in [5.74, 6) is 3.16. The number of likely N-dealkylation sites (tertiary alicyclic amines) is 1. The molecule has 48 heavy (non-hydrogen) atoms. The second-order valence-electron chi connectivity index (χ2n) is 15.6. The van der Waals surface area contributed by atoms with Gasteiger partial charge >= 0.3 is 0 Å². The molecule has 4 aliphatic carbocycles. The molecule has 1 unspecified atom stereocenters. The molecule has 5 aliphatic rings. The molecule has 1 saturated heterocycles. The Balaban J connectivity index is 0.944. The first-order chi connectivity index (χ1) is 23.1. The maximum absolute atomic E-state index is 13.7. The van der Waals surface area contributed by atoms with Gasteiger partial charge in [-0.15, -0.1) is 11.8 Å². The molecule has 0 aromatic carbocycles. The number of carbonyl (C=O) groups is 2. The Kier molecular flexibility index (Phi) is 9.50. The zero-order valence-electron chi connectivity index (χ0n) is 29.1. The molecular formula is C38H52N6O3S. The predicted molar refractivity (Wildman–Crippen MR) is 191 cm³/mol. The zero-order valence-corrected chi connectivity index (χ0v) is 29.9. The Morgan fingerprint density at radius 3 is 2.44 bits per heavy atom.